The van der Waals surface area contributed by atoms with Crippen LogP contribution in [0.5, 0.6) is 0 Å². The van der Waals surface area contributed by atoms with E-state index in [2.05, 4.69) is 15.9 Å². The van der Waals surface area contributed by atoms with Gasteiger partial charge in [-0.1, -0.05) is 6.07 Å². The molecule has 0 radical (unpaired) electrons. The second kappa shape index (κ2) is 4.66. The molecule has 0 unspecified atom stereocenters. The van der Waals surface area contributed by atoms with Gasteiger partial charge in [-0.3, -0.25) is 9.48 Å². The van der Waals surface area contributed by atoms with Crippen LogP contribution in [-0.2, 0) is 16.1 Å². The van der Waals surface area contributed by atoms with E-state index >= 15 is 0 Å². The van der Waals surface area contributed by atoms with Gasteiger partial charge in [0.2, 0.25) is 0 Å². The minimum atomic E-state index is -0.273. The van der Waals surface area contributed by atoms with E-state index in [4.69, 9.17) is 5.26 Å². The van der Waals surface area contributed by atoms with Crippen LogP contribution in [0.3, 0.4) is 0 Å². The van der Waals surface area contributed by atoms with Crippen molar-refractivity contribution in [1.29, 1.82) is 5.26 Å². The molecule has 1 aromatic heterocycles. The fourth-order valence-electron chi connectivity index (χ4n) is 1.68. The number of esters is 1. The van der Waals surface area contributed by atoms with E-state index in [1.807, 2.05) is 6.07 Å². The Labute approximate surface area is 98.2 Å². The number of rotatable bonds is 3. The highest BCUT2D eigenvalue weighted by Gasteiger charge is 2.08. The molecule has 0 aliphatic carbocycles. The fourth-order valence-corrected chi connectivity index (χ4v) is 1.68. The molecule has 1 heterocycles. The number of fused-ring (bicyclic) bond motifs is 1. The molecule has 0 amide bonds. The molecule has 2 rings (SSSR count). The summed E-state index contributed by atoms with van der Waals surface area (Å²) in [6.45, 7) is 0.449. The van der Waals surface area contributed by atoms with Crippen molar-refractivity contribution in [3.05, 3.63) is 30.0 Å². The van der Waals surface area contributed by atoms with Gasteiger partial charge in [-0.2, -0.15) is 10.4 Å². The summed E-state index contributed by atoms with van der Waals surface area (Å²) in [6.07, 6.45) is 1.91. The summed E-state index contributed by atoms with van der Waals surface area (Å²) in [4.78, 5) is 11.1. The van der Waals surface area contributed by atoms with E-state index in [0.29, 0.717) is 12.1 Å². The standard InChI is InChI=1S/C12H11N3O2/c1-17-12(16)5-6-15-11-4-2-3-9(7-13)10(11)8-14-15/h2-4,8H,5-6H2,1H3. The number of hydrogen-bond acceptors (Lipinski definition) is 4. The molecule has 0 N–H and O–H groups in total. The van der Waals surface area contributed by atoms with E-state index in [1.54, 1.807) is 23.0 Å². The molecule has 0 bridgehead atoms. The lowest BCUT2D eigenvalue weighted by molar-refractivity contribution is -0.140. The first-order valence-corrected chi connectivity index (χ1v) is 5.17. The molecular formula is C12H11N3O2. The molecule has 86 valence electrons. The van der Waals surface area contributed by atoms with Gasteiger partial charge in [-0.05, 0) is 12.1 Å². The van der Waals surface area contributed by atoms with Crippen LogP contribution in [0, 0.1) is 11.3 Å². The summed E-state index contributed by atoms with van der Waals surface area (Å²) in [7, 11) is 1.36. The second-order valence-corrected chi connectivity index (χ2v) is 3.54. The molecule has 0 saturated heterocycles. The molecule has 0 aliphatic heterocycles. The monoisotopic (exact) mass is 229 g/mol. The highest BCUT2D eigenvalue weighted by atomic mass is 16.5. The lowest BCUT2D eigenvalue weighted by atomic mass is 10.1. The molecule has 17 heavy (non-hydrogen) atoms. The Balaban J connectivity index is 2.31. The zero-order chi connectivity index (χ0) is 12.3. The van der Waals surface area contributed by atoms with E-state index in [0.717, 1.165) is 10.9 Å². The first-order valence-electron chi connectivity index (χ1n) is 5.17. The highest BCUT2D eigenvalue weighted by Crippen LogP contribution is 2.17. The van der Waals surface area contributed by atoms with Gasteiger partial charge in [0, 0.05) is 5.39 Å². The Kier molecular flexibility index (Phi) is 3.06. The normalized spacial score (nSPS) is 10.1. The van der Waals surface area contributed by atoms with Crippen molar-refractivity contribution in [2.45, 2.75) is 13.0 Å². The third kappa shape index (κ3) is 2.11. The number of nitriles is 1. The smallest absolute Gasteiger partial charge is 0.307 e. The van der Waals surface area contributed by atoms with Crippen molar-refractivity contribution in [2.24, 2.45) is 0 Å². The van der Waals surface area contributed by atoms with Gasteiger partial charge in [0.25, 0.3) is 0 Å². The predicted octanol–water partition coefficient (Wildman–Crippen LogP) is 1.47. The van der Waals surface area contributed by atoms with Crippen LogP contribution in [0.15, 0.2) is 24.4 Å². The second-order valence-electron chi connectivity index (χ2n) is 3.54. The van der Waals surface area contributed by atoms with E-state index in [1.165, 1.54) is 7.11 Å². The summed E-state index contributed by atoms with van der Waals surface area (Å²) >= 11 is 0. The number of carbonyl (C=O) groups excluding carboxylic acids is 1. The van der Waals surface area contributed by atoms with Crippen LogP contribution in [0.1, 0.15) is 12.0 Å². The van der Waals surface area contributed by atoms with Crippen LogP contribution in [-0.4, -0.2) is 22.9 Å². The Morgan fingerprint density at radius 3 is 3.12 bits per heavy atom. The Hall–Kier alpha value is -2.35. The molecule has 2 aromatic rings. The average Bonchev–Trinajstić information content (AvgIpc) is 2.78. The molecule has 0 fully saturated rings. The minimum Gasteiger partial charge on any atom is -0.469 e. The summed E-state index contributed by atoms with van der Waals surface area (Å²) < 4.78 is 6.27. The van der Waals surface area contributed by atoms with Crippen LogP contribution in [0.4, 0.5) is 0 Å². The van der Waals surface area contributed by atoms with Crippen molar-refractivity contribution < 1.29 is 9.53 Å². The average molecular weight is 229 g/mol. The van der Waals surface area contributed by atoms with Crippen molar-refractivity contribution in [3.63, 3.8) is 0 Å². The molecule has 5 nitrogen and oxygen atoms in total. The molecule has 0 atom stereocenters. The van der Waals surface area contributed by atoms with Crippen molar-refractivity contribution >= 4 is 16.9 Å². The number of nitrogens with zero attached hydrogens (tertiary/aromatic N) is 3. The topological polar surface area (TPSA) is 67.9 Å². The van der Waals surface area contributed by atoms with Crippen molar-refractivity contribution in [3.8, 4) is 6.07 Å². The summed E-state index contributed by atoms with van der Waals surface area (Å²) in [5.74, 6) is -0.273. The van der Waals surface area contributed by atoms with Gasteiger partial charge in [0.05, 0.1) is 43.4 Å². The maximum absolute atomic E-state index is 11.1. The summed E-state index contributed by atoms with van der Waals surface area (Å²) in [5, 5.41) is 13.9. The Bertz CT molecular complexity index is 595. The lowest BCUT2D eigenvalue weighted by Gasteiger charge is -2.02. The van der Waals surface area contributed by atoms with Gasteiger partial charge in [0.1, 0.15) is 0 Å². The number of benzene rings is 1. The van der Waals surface area contributed by atoms with Crippen molar-refractivity contribution in [2.75, 3.05) is 7.11 Å². The van der Waals surface area contributed by atoms with Crippen molar-refractivity contribution in [1.82, 2.24) is 9.78 Å². The van der Waals surface area contributed by atoms with E-state index < -0.39 is 0 Å². The molecule has 1 aromatic carbocycles. The maximum atomic E-state index is 11.1. The van der Waals surface area contributed by atoms with Crippen LogP contribution >= 0.6 is 0 Å². The third-order valence-corrected chi connectivity index (χ3v) is 2.56. The number of hydrogen-bond donors (Lipinski definition) is 0. The zero-order valence-corrected chi connectivity index (χ0v) is 9.38. The van der Waals surface area contributed by atoms with E-state index in [9.17, 15) is 4.79 Å². The lowest BCUT2D eigenvalue weighted by Crippen LogP contribution is -2.07. The number of ether oxygens (including phenoxy) is 1. The molecular weight excluding hydrogens is 218 g/mol. The van der Waals surface area contributed by atoms with Crippen LogP contribution in [0.25, 0.3) is 10.9 Å². The van der Waals surface area contributed by atoms with Crippen LogP contribution < -0.4 is 0 Å². The van der Waals surface area contributed by atoms with Gasteiger partial charge in [0.15, 0.2) is 0 Å². The molecule has 0 saturated carbocycles. The minimum absolute atomic E-state index is 0.268. The number of aryl methyl sites for hydroxylation is 1. The maximum Gasteiger partial charge on any atom is 0.307 e. The SMILES string of the molecule is COC(=O)CCn1ncc2c(C#N)cccc21. The third-order valence-electron chi connectivity index (χ3n) is 2.56. The molecule has 5 heteroatoms. The molecule has 0 aliphatic rings. The van der Waals surface area contributed by atoms with Gasteiger partial charge in [-0.25, -0.2) is 0 Å². The van der Waals surface area contributed by atoms with Crippen LogP contribution in [0.2, 0.25) is 0 Å². The highest BCUT2D eigenvalue weighted by molar-refractivity contribution is 5.84. The molecule has 0 spiro atoms. The number of aromatic nitrogens is 2. The summed E-state index contributed by atoms with van der Waals surface area (Å²) in [5.41, 5.74) is 1.44. The Morgan fingerprint density at radius 2 is 2.41 bits per heavy atom. The fraction of sp³-hybridized carbons (Fsp3) is 0.250. The van der Waals surface area contributed by atoms with Gasteiger partial charge in [-0.15, -0.1) is 0 Å². The number of carbonyl (C=O) groups is 1. The first-order chi connectivity index (χ1) is 8.26. The Morgan fingerprint density at radius 1 is 1.59 bits per heavy atom. The van der Waals surface area contributed by atoms with E-state index in [-0.39, 0.29) is 12.4 Å². The quantitative estimate of drug-likeness (QED) is 0.747. The largest absolute Gasteiger partial charge is 0.469 e. The first kappa shape index (κ1) is 11.1. The van der Waals surface area contributed by atoms with Gasteiger partial charge < -0.3 is 4.74 Å². The summed E-state index contributed by atoms with van der Waals surface area (Å²) in [6, 6.07) is 7.54. The predicted molar refractivity (Wildman–Crippen MR) is 61.1 cm³/mol. The zero-order valence-electron chi connectivity index (χ0n) is 9.38. The van der Waals surface area contributed by atoms with Gasteiger partial charge >= 0.3 is 5.97 Å². The number of methoxy groups -OCH3 is 1.